The van der Waals surface area contributed by atoms with Crippen molar-refractivity contribution in [2.75, 3.05) is 5.73 Å². The van der Waals surface area contributed by atoms with Crippen LogP contribution < -0.4 is 9.24 Å². The van der Waals surface area contributed by atoms with Crippen molar-refractivity contribution in [1.82, 2.24) is 0 Å². The van der Waals surface area contributed by atoms with Crippen LogP contribution in [0.3, 0.4) is 0 Å². The molecule has 4 nitrogen and oxygen atoms in total. The Balaban J connectivity index is 3.25. The van der Waals surface area contributed by atoms with Gasteiger partial charge in [-0.2, -0.15) is 0 Å². The molecule has 0 saturated carbocycles. The quantitative estimate of drug-likeness (QED) is 0.441. The summed E-state index contributed by atoms with van der Waals surface area (Å²) < 4.78 is 28.3. The zero-order chi connectivity index (χ0) is 8.48. The molecule has 1 aromatic rings. The molecule has 1 aromatic carbocycles. The van der Waals surface area contributed by atoms with Gasteiger partial charge in [-0.1, -0.05) is 0 Å². The Hall–Kier alpha value is -0.442. The van der Waals surface area contributed by atoms with Crippen LogP contribution >= 0.6 is 0 Å². The molecule has 4 N–H and O–H groups in total. The molecule has 60 valence electrons. The van der Waals surface area contributed by atoms with Crippen LogP contribution in [0.5, 0.6) is 0 Å². The van der Waals surface area contributed by atoms with E-state index in [2.05, 4.69) is 0 Å². The van der Waals surface area contributed by atoms with E-state index in [1.54, 1.807) is 12.1 Å². The first-order valence-corrected chi connectivity index (χ1v) is 7.52. The summed E-state index contributed by atoms with van der Waals surface area (Å²) in [4.78, 5) is 0. The number of hydrogen-bond donors (Lipinski definition) is 3. The first kappa shape index (κ1) is 8.65. The van der Waals surface area contributed by atoms with Crippen LogP contribution in [0.25, 0.3) is 0 Å². The van der Waals surface area contributed by atoms with Gasteiger partial charge in [-0.05, 0) is 0 Å². The number of anilines is 1. The molecule has 0 unspecified atom stereocenters. The number of hydrogen-bond acceptors (Lipinski definition) is 2. The van der Waals surface area contributed by atoms with Gasteiger partial charge in [0.05, 0.1) is 0 Å². The molecule has 0 aliphatic heterocycles. The molecule has 0 aromatic heterocycles. The third-order valence-corrected chi connectivity index (χ3v) is 4.20. The third-order valence-electron chi connectivity index (χ3n) is 1.25. The first-order valence-electron chi connectivity index (χ1n) is 2.92. The van der Waals surface area contributed by atoms with Crippen LogP contribution in [0.1, 0.15) is 0 Å². The Labute approximate surface area is 68.8 Å². The summed E-state index contributed by atoms with van der Waals surface area (Å²) in [5, 5.41) is 0. The van der Waals surface area contributed by atoms with Crippen molar-refractivity contribution in [2.45, 2.75) is 0 Å². The molecule has 11 heavy (non-hydrogen) atoms. The molecule has 0 amide bonds. The maximum absolute atomic E-state index is 10.8. The van der Waals surface area contributed by atoms with Gasteiger partial charge >= 0.3 is 68.6 Å². The van der Waals surface area contributed by atoms with Crippen molar-refractivity contribution in [3.05, 3.63) is 24.3 Å². The second-order valence-corrected chi connectivity index (χ2v) is 6.58. The predicted molar refractivity (Wildman–Crippen MR) is 41.4 cm³/mol. The first-order chi connectivity index (χ1) is 5.02. The Morgan fingerprint density at radius 3 is 2.18 bits per heavy atom. The van der Waals surface area contributed by atoms with Crippen LogP contribution in [-0.4, -0.2) is 26.4 Å². The molecular formula is C6H8NO3Sb. The van der Waals surface area contributed by atoms with Crippen LogP contribution in [0.2, 0.25) is 0 Å². The standard InChI is InChI=1S/C6H6N.2H2O.O.Sb/c7-6-4-2-1-3-5-6;;;;/h1-4H,7H2;2*1H2;;/q;;;;+2/p-2. The number of rotatable bonds is 1. The summed E-state index contributed by atoms with van der Waals surface area (Å²) in [7, 11) is 0. The predicted octanol–water partition coefficient (Wildman–Crippen LogP) is -1.17. The number of nitrogens with two attached hydrogens (primary N) is 1. The summed E-state index contributed by atoms with van der Waals surface area (Å²) in [5.74, 6) is 0. The Kier molecular flexibility index (Phi) is 2.28. The minimum absolute atomic E-state index is 0.0222. The fourth-order valence-corrected chi connectivity index (χ4v) is 2.73. The molecule has 0 radical (unpaired) electrons. The number of benzene rings is 1. The van der Waals surface area contributed by atoms with E-state index in [0.29, 0.717) is 0 Å². The average Bonchev–Trinajstić information content (AvgIpc) is 1.86. The van der Waals surface area contributed by atoms with E-state index in [4.69, 9.17) is 12.5 Å². The van der Waals surface area contributed by atoms with Crippen molar-refractivity contribution in [3.8, 4) is 0 Å². The molecule has 0 aliphatic carbocycles. The Morgan fingerprint density at radius 2 is 1.82 bits per heavy atom. The van der Waals surface area contributed by atoms with Crippen molar-refractivity contribution in [3.63, 3.8) is 0 Å². The van der Waals surface area contributed by atoms with Gasteiger partial charge in [-0.25, -0.2) is 0 Å². The van der Waals surface area contributed by atoms with Crippen molar-refractivity contribution < 1.29 is 9.79 Å². The topological polar surface area (TPSA) is 83.6 Å². The van der Waals surface area contributed by atoms with Gasteiger partial charge in [-0.3, -0.25) is 0 Å². The van der Waals surface area contributed by atoms with E-state index in [-0.39, 0.29) is 9.20 Å². The second kappa shape index (κ2) is 2.89. The SMILES string of the molecule is Nc1cccc[c]1[Sb](=[O])([OH])[OH]. The van der Waals surface area contributed by atoms with Gasteiger partial charge in [0.1, 0.15) is 0 Å². The van der Waals surface area contributed by atoms with E-state index in [1.807, 2.05) is 0 Å². The van der Waals surface area contributed by atoms with Gasteiger partial charge in [0.2, 0.25) is 0 Å². The summed E-state index contributed by atoms with van der Waals surface area (Å²) >= 11 is -5.05. The average molecular weight is 264 g/mol. The van der Waals surface area contributed by atoms with E-state index in [1.165, 1.54) is 12.1 Å². The van der Waals surface area contributed by atoms with E-state index >= 15 is 0 Å². The van der Waals surface area contributed by atoms with Crippen LogP contribution in [0, 0.1) is 0 Å². The second-order valence-electron chi connectivity index (χ2n) is 2.10. The fourth-order valence-electron chi connectivity index (χ4n) is 0.753. The van der Waals surface area contributed by atoms with Crippen molar-refractivity contribution in [1.29, 1.82) is 0 Å². The molecule has 1 rings (SSSR count). The van der Waals surface area contributed by atoms with E-state index in [9.17, 15) is 3.02 Å². The minimum atomic E-state index is -5.05. The van der Waals surface area contributed by atoms with Gasteiger partial charge in [-0.15, -0.1) is 0 Å². The van der Waals surface area contributed by atoms with Gasteiger partial charge in [0.15, 0.2) is 0 Å². The Morgan fingerprint density at radius 1 is 1.27 bits per heavy atom. The van der Waals surface area contributed by atoms with Gasteiger partial charge in [0, 0.05) is 0 Å². The van der Waals surface area contributed by atoms with Crippen LogP contribution in [0.15, 0.2) is 24.3 Å². The zero-order valence-electron chi connectivity index (χ0n) is 5.64. The summed E-state index contributed by atoms with van der Waals surface area (Å²) in [5.41, 5.74) is 5.50. The third kappa shape index (κ3) is 1.99. The van der Waals surface area contributed by atoms with Gasteiger partial charge < -0.3 is 0 Å². The monoisotopic (exact) mass is 263 g/mol. The number of nitrogen functional groups attached to an aromatic ring is 1. The molecule has 0 saturated heterocycles. The summed E-state index contributed by atoms with van der Waals surface area (Å²) in [6.07, 6.45) is 0. The molecule has 0 fully saturated rings. The molecule has 0 atom stereocenters. The molecular weight excluding hydrogens is 256 g/mol. The van der Waals surface area contributed by atoms with Crippen molar-refractivity contribution in [2.24, 2.45) is 0 Å². The van der Waals surface area contributed by atoms with E-state index in [0.717, 1.165) is 0 Å². The van der Waals surface area contributed by atoms with Crippen molar-refractivity contribution >= 4 is 28.8 Å². The number of para-hydroxylation sites is 1. The fraction of sp³-hybridized carbons (Fsp3) is 0. The van der Waals surface area contributed by atoms with Gasteiger partial charge in [0.25, 0.3) is 0 Å². The van der Waals surface area contributed by atoms with E-state index < -0.39 is 19.6 Å². The maximum atomic E-state index is 10.8. The zero-order valence-corrected chi connectivity index (χ0v) is 8.19. The van der Waals surface area contributed by atoms with Crippen LogP contribution in [-0.2, 0) is 3.02 Å². The molecule has 0 aliphatic rings. The molecule has 0 spiro atoms. The summed E-state index contributed by atoms with van der Waals surface area (Å²) in [6, 6.07) is 6.02. The summed E-state index contributed by atoms with van der Waals surface area (Å²) in [6.45, 7) is 0. The normalized spacial score (nSPS) is 11.5. The molecule has 5 heteroatoms. The molecule has 0 heterocycles. The molecule has 0 bridgehead atoms. The Bertz CT molecular complexity index is 306. The van der Waals surface area contributed by atoms with Crippen LogP contribution in [0.4, 0.5) is 5.69 Å².